The lowest BCUT2D eigenvalue weighted by Gasteiger charge is -1.99. The lowest BCUT2D eigenvalue weighted by Crippen LogP contribution is -1.80. The average molecular weight is 424 g/mol. The molecule has 0 unspecified atom stereocenters. The second kappa shape index (κ2) is 8.53. The maximum Gasteiger partial charge on any atom is 0.0625 e. The number of benzene rings is 1. The SMILES string of the molecule is N#CCCC1=C(CCC#N)SC(=Cc2ccc(I)cc2)S1. The fourth-order valence-corrected chi connectivity index (χ4v) is 4.95. The first kappa shape index (κ1) is 16.5. The molecule has 21 heavy (non-hydrogen) atoms. The van der Waals surface area contributed by atoms with Crippen LogP contribution < -0.4 is 0 Å². The van der Waals surface area contributed by atoms with Crippen molar-refractivity contribution in [2.75, 3.05) is 0 Å². The first-order chi connectivity index (χ1) is 10.2. The van der Waals surface area contributed by atoms with E-state index in [9.17, 15) is 0 Å². The lowest BCUT2D eigenvalue weighted by molar-refractivity contribution is 0.993. The number of hydrogen-bond acceptors (Lipinski definition) is 4. The van der Waals surface area contributed by atoms with E-state index in [-0.39, 0.29) is 0 Å². The van der Waals surface area contributed by atoms with Crippen LogP contribution in [0, 0.1) is 26.2 Å². The van der Waals surface area contributed by atoms with Gasteiger partial charge in [-0.3, -0.25) is 0 Å². The fourth-order valence-electron chi connectivity index (χ4n) is 1.85. The smallest absolute Gasteiger partial charge is 0.0625 e. The molecule has 2 rings (SSSR count). The third-order valence-electron chi connectivity index (χ3n) is 2.84. The summed E-state index contributed by atoms with van der Waals surface area (Å²) >= 11 is 5.80. The molecule has 5 heteroatoms. The van der Waals surface area contributed by atoms with Gasteiger partial charge < -0.3 is 0 Å². The molecule has 106 valence electrons. The standard InChI is InChI=1S/C16H13IN2S2/c17-13-7-5-12(6-8-13)11-16-20-14(3-1-9-18)15(21-16)4-2-10-19/h5-8,11H,1-4H2. The molecule has 1 heterocycles. The fraction of sp³-hybridized carbons (Fsp3) is 0.250. The molecule has 0 aliphatic carbocycles. The van der Waals surface area contributed by atoms with E-state index >= 15 is 0 Å². The van der Waals surface area contributed by atoms with Crippen molar-refractivity contribution in [3.8, 4) is 12.1 Å². The van der Waals surface area contributed by atoms with Crippen LogP contribution in [-0.4, -0.2) is 0 Å². The van der Waals surface area contributed by atoms with Crippen molar-refractivity contribution in [3.05, 3.63) is 47.4 Å². The predicted molar refractivity (Wildman–Crippen MR) is 99.0 cm³/mol. The van der Waals surface area contributed by atoms with Crippen LogP contribution >= 0.6 is 46.1 Å². The summed E-state index contributed by atoms with van der Waals surface area (Å²) < 4.78 is 2.46. The molecule has 0 saturated heterocycles. The Balaban J connectivity index is 2.11. The summed E-state index contributed by atoms with van der Waals surface area (Å²) in [6.07, 6.45) is 4.83. The van der Waals surface area contributed by atoms with Crippen molar-refractivity contribution in [3.63, 3.8) is 0 Å². The zero-order chi connectivity index (χ0) is 15.1. The van der Waals surface area contributed by atoms with Gasteiger partial charge in [-0.1, -0.05) is 35.7 Å². The summed E-state index contributed by atoms with van der Waals surface area (Å²) in [7, 11) is 0. The molecule has 0 N–H and O–H groups in total. The van der Waals surface area contributed by atoms with Crippen LogP contribution in [0.4, 0.5) is 0 Å². The van der Waals surface area contributed by atoms with Gasteiger partial charge >= 0.3 is 0 Å². The zero-order valence-corrected chi connectivity index (χ0v) is 15.1. The quantitative estimate of drug-likeness (QED) is 0.553. The molecule has 0 fully saturated rings. The summed E-state index contributed by atoms with van der Waals surface area (Å²) in [5, 5.41) is 17.5. The topological polar surface area (TPSA) is 47.6 Å². The van der Waals surface area contributed by atoms with Gasteiger partial charge in [0.15, 0.2) is 0 Å². The first-order valence-electron chi connectivity index (χ1n) is 6.52. The third kappa shape index (κ3) is 5.10. The number of thioether (sulfide) groups is 2. The van der Waals surface area contributed by atoms with Crippen molar-refractivity contribution in [1.29, 1.82) is 10.5 Å². The van der Waals surface area contributed by atoms with Gasteiger partial charge in [-0.25, -0.2) is 0 Å². The monoisotopic (exact) mass is 424 g/mol. The normalized spacial score (nSPS) is 14.0. The Hall–Kier alpha value is -0.890. The Bertz CT molecular complexity index is 616. The van der Waals surface area contributed by atoms with Crippen molar-refractivity contribution in [2.24, 2.45) is 0 Å². The van der Waals surface area contributed by atoms with Crippen LogP contribution in [0.15, 0.2) is 38.3 Å². The first-order valence-corrected chi connectivity index (χ1v) is 9.23. The number of halogens is 1. The van der Waals surface area contributed by atoms with E-state index in [4.69, 9.17) is 10.5 Å². The summed E-state index contributed by atoms with van der Waals surface area (Å²) in [6, 6.07) is 12.8. The number of allylic oxidation sites excluding steroid dienone is 2. The molecule has 0 bridgehead atoms. The Kier molecular flexibility index (Phi) is 6.69. The molecule has 0 saturated carbocycles. The Labute approximate surface area is 147 Å². The molecular weight excluding hydrogens is 411 g/mol. The Morgan fingerprint density at radius 2 is 1.48 bits per heavy atom. The molecule has 0 atom stereocenters. The van der Waals surface area contributed by atoms with Gasteiger partial charge in [0, 0.05) is 30.5 Å². The minimum atomic E-state index is 0.537. The van der Waals surface area contributed by atoms with Crippen molar-refractivity contribution < 1.29 is 0 Å². The highest BCUT2D eigenvalue weighted by Crippen LogP contribution is 2.52. The van der Waals surface area contributed by atoms with Crippen LogP contribution in [0.1, 0.15) is 31.2 Å². The largest absolute Gasteiger partial charge is 0.198 e. The van der Waals surface area contributed by atoms with Crippen LogP contribution in [0.25, 0.3) is 6.08 Å². The highest BCUT2D eigenvalue weighted by Gasteiger charge is 2.20. The summed E-state index contributed by atoms with van der Waals surface area (Å²) in [5.74, 6) is 0. The number of nitriles is 2. The van der Waals surface area contributed by atoms with E-state index in [2.05, 4.69) is 65.1 Å². The van der Waals surface area contributed by atoms with Gasteiger partial charge in [0.25, 0.3) is 0 Å². The van der Waals surface area contributed by atoms with Gasteiger partial charge in [-0.2, -0.15) is 10.5 Å². The van der Waals surface area contributed by atoms with Crippen molar-refractivity contribution in [2.45, 2.75) is 25.7 Å². The van der Waals surface area contributed by atoms with Gasteiger partial charge in [0.1, 0.15) is 0 Å². The molecule has 1 aromatic carbocycles. The third-order valence-corrected chi connectivity index (χ3v) is 6.22. The van der Waals surface area contributed by atoms with E-state index in [0.717, 1.165) is 12.8 Å². The molecule has 1 aliphatic heterocycles. The molecule has 1 aromatic rings. The van der Waals surface area contributed by atoms with Crippen molar-refractivity contribution >= 4 is 52.2 Å². The molecule has 1 aliphatic rings. The van der Waals surface area contributed by atoms with E-state index in [0.29, 0.717) is 12.8 Å². The van der Waals surface area contributed by atoms with Crippen molar-refractivity contribution in [1.82, 2.24) is 0 Å². The minimum Gasteiger partial charge on any atom is -0.198 e. The van der Waals surface area contributed by atoms with Crippen LogP contribution in [0.2, 0.25) is 0 Å². The minimum absolute atomic E-state index is 0.537. The summed E-state index contributed by atoms with van der Waals surface area (Å²) in [5.41, 5.74) is 1.19. The van der Waals surface area contributed by atoms with Gasteiger partial charge in [0.2, 0.25) is 0 Å². The van der Waals surface area contributed by atoms with E-state index in [1.165, 1.54) is 23.2 Å². The highest BCUT2D eigenvalue weighted by molar-refractivity contribution is 14.1. The molecule has 0 radical (unpaired) electrons. The number of nitrogens with zero attached hydrogens (tertiary/aromatic N) is 2. The second-order valence-corrected chi connectivity index (χ2v) is 8.16. The molecule has 0 amide bonds. The number of hydrogen-bond donors (Lipinski definition) is 0. The molecule has 0 spiro atoms. The van der Waals surface area contributed by atoms with Crippen LogP contribution in [0.5, 0.6) is 0 Å². The van der Waals surface area contributed by atoms with E-state index < -0.39 is 0 Å². The number of rotatable bonds is 5. The molecular formula is C16H13IN2S2. The molecule has 0 aromatic heterocycles. The van der Waals surface area contributed by atoms with Gasteiger partial charge in [-0.15, -0.1) is 0 Å². The van der Waals surface area contributed by atoms with E-state index in [1.54, 1.807) is 23.5 Å². The van der Waals surface area contributed by atoms with Gasteiger partial charge in [0.05, 0.1) is 12.1 Å². The summed E-state index contributed by atoms with van der Waals surface area (Å²) in [6.45, 7) is 0. The second-order valence-electron chi connectivity index (χ2n) is 4.38. The lowest BCUT2D eigenvalue weighted by atomic mass is 10.2. The molecule has 2 nitrogen and oxygen atoms in total. The Morgan fingerprint density at radius 3 is 1.95 bits per heavy atom. The zero-order valence-electron chi connectivity index (χ0n) is 11.3. The Morgan fingerprint density at radius 1 is 0.952 bits per heavy atom. The summed E-state index contributed by atoms with van der Waals surface area (Å²) in [4.78, 5) is 2.52. The maximum absolute atomic E-state index is 8.76. The maximum atomic E-state index is 8.76. The van der Waals surface area contributed by atoms with Gasteiger partial charge in [-0.05, 0) is 59.2 Å². The van der Waals surface area contributed by atoms with Crippen LogP contribution in [0.3, 0.4) is 0 Å². The van der Waals surface area contributed by atoms with Crippen LogP contribution in [-0.2, 0) is 0 Å². The predicted octanol–water partition coefficient (Wildman–Crippen LogP) is 5.89. The van der Waals surface area contributed by atoms with E-state index in [1.807, 2.05) is 0 Å². The average Bonchev–Trinajstić information content (AvgIpc) is 2.87. The highest BCUT2D eigenvalue weighted by atomic mass is 127.